The Morgan fingerprint density at radius 3 is 2.55 bits per heavy atom. The minimum atomic E-state index is -0.340. The van der Waals surface area contributed by atoms with Crippen LogP contribution in [0.5, 0.6) is 0 Å². The maximum atomic E-state index is 11.1. The van der Waals surface area contributed by atoms with Crippen molar-refractivity contribution in [2.45, 2.75) is 9.79 Å². The number of para-hydroxylation sites is 2. The number of nitrogens with zero attached hydrogens (tertiary/aromatic N) is 2. The Morgan fingerprint density at radius 1 is 1.05 bits per heavy atom. The average Bonchev–Trinajstić information content (AvgIpc) is 2.76. The van der Waals surface area contributed by atoms with Crippen LogP contribution in [0, 0.1) is 10.1 Å². The number of benzene rings is 2. The molecule has 0 amide bonds. The van der Waals surface area contributed by atoms with E-state index in [1.807, 2.05) is 48.1 Å². The van der Waals surface area contributed by atoms with E-state index in [0.717, 1.165) is 15.8 Å². The summed E-state index contributed by atoms with van der Waals surface area (Å²) >= 11 is 1.43. The van der Waals surface area contributed by atoms with Crippen LogP contribution in [0.4, 0.5) is 5.69 Å². The molecule has 3 rings (SSSR count). The van der Waals surface area contributed by atoms with Gasteiger partial charge in [-0.1, -0.05) is 42.1 Å². The molecule has 100 valence electrons. The van der Waals surface area contributed by atoms with Gasteiger partial charge in [-0.3, -0.25) is 10.1 Å². The van der Waals surface area contributed by atoms with E-state index in [4.69, 9.17) is 0 Å². The molecule has 2 aromatic carbocycles. The standard InChI is InChI=1S/C15H12N2O2S/c1-16-10-15(11-6-2-3-7-12(11)16)20-14-9-5-4-8-13(14)17(18)19/h2-10H,1H3. The van der Waals surface area contributed by atoms with Gasteiger partial charge >= 0.3 is 0 Å². The summed E-state index contributed by atoms with van der Waals surface area (Å²) in [6.45, 7) is 0. The lowest BCUT2D eigenvalue weighted by Gasteiger charge is -2.01. The van der Waals surface area contributed by atoms with Crippen LogP contribution in [0.2, 0.25) is 0 Å². The number of nitro groups is 1. The summed E-state index contributed by atoms with van der Waals surface area (Å²) in [7, 11) is 1.98. The molecule has 3 aromatic rings. The van der Waals surface area contributed by atoms with Gasteiger partial charge < -0.3 is 4.57 Å². The van der Waals surface area contributed by atoms with Crippen LogP contribution in [0.1, 0.15) is 0 Å². The highest BCUT2D eigenvalue weighted by molar-refractivity contribution is 7.99. The van der Waals surface area contributed by atoms with Gasteiger partial charge in [0.05, 0.1) is 9.82 Å². The lowest BCUT2D eigenvalue weighted by Crippen LogP contribution is -1.89. The molecule has 0 radical (unpaired) electrons. The summed E-state index contributed by atoms with van der Waals surface area (Å²) < 4.78 is 2.03. The molecule has 0 atom stereocenters. The molecule has 0 saturated heterocycles. The van der Waals surface area contributed by atoms with Gasteiger partial charge in [0, 0.05) is 35.1 Å². The summed E-state index contributed by atoms with van der Waals surface area (Å²) in [6.07, 6.45) is 2.01. The fraction of sp³-hybridized carbons (Fsp3) is 0.0667. The van der Waals surface area contributed by atoms with E-state index < -0.39 is 0 Å². The third-order valence-corrected chi connectivity index (χ3v) is 4.25. The van der Waals surface area contributed by atoms with Crippen molar-refractivity contribution in [1.29, 1.82) is 0 Å². The fourth-order valence-electron chi connectivity index (χ4n) is 2.20. The van der Waals surface area contributed by atoms with Crippen molar-refractivity contribution in [3.8, 4) is 0 Å². The first kappa shape index (κ1) is 12.7. The molecule has 0 fully saturated rings. The Hall–Kier alpha value is -2.27. The molecule has 0 N–H and O–H groups in total. The van der Waals surface area contributed by atoms with Crippen LogP contribution in [0.3, 0.4) is 0 Å². The van der Waals surface area contributed by atoms with Crippen LogP contribution in [0.15, 0.2) is 64.5 Å². The second-order valence-electron chi connectivity index (χ2n) is 4.45. The van der Waals surface area contributed by atoms with E-state index in [2.05, 4.69) is 0 Å². The zero-order valence-corrected chi connectivity index (χ0v) is 11.6. The van der Waals surface area contributed by atoms with Gasteiger partial charge in [0.25, 0.3) is 5.69 Å². The van der Waals surface area contributed by atoms with Crippen molar-refractivity contribution in [1.82, 2.24) is 4.57 Å². The number of hydrogen-bond acceptors (Lipinski definition) is 3. The number of rotatable bonds is 3. The number of nitro benzene ring substituents is 1. The second-order valence-corrected chi connectivity index (χ2v) is 5.53. The SMILES string of the molecule is Cn1cc(Sc2ccccc2[N+](=O)[O-])c2ccccc21. The van der Waals surface area contributed by atoms with E-state index in [0.29, 0.717) is 4.90 Å². The van der Waals surface area contributed by atoms with Crippen molar-refractivity contribution in [2.75, 3.05) is 0 Å². The normalized spacial score (nSPS) is 10.8. The van der Waals surface area contributed by atoms with Crippen molar-refractivity contribution >= 4 is 28.4 Å². The average molecular weight is 284 g/mol. The van der Waals surface area contributed by atoms with Crippen LogP contribution < -0.4 is 0 Å². The smallest absolute Gasteiger partial charge is 0.283 e. The highest BCUT2D eigenvalue weighted by Crippen LogP contribution is 2.38. The van der Waals surface area contributed by atoms with Gasteiger partial charge in [-0.15, -0.1) is 0 Å². The monoisotopic (exact) mass is 284 g/mol. The molecule has 20 heavy (non-hydrogen) atoms. The third kappa shape index (κ3) is 2.16. The Balaban J connectivity index is 2.08. The van der Waals surface area contributed by atoms with Crippen LogP contribution in [-0.2, 0) is 7.05 Å². The first-order chi connectivity index (χ1) is 9.66. The minimum absolute atomic E-state index is 0.144. The highest BCUT2D eigenvalue weighted by atomic mass is 32.2. The van der Waals surface area contributed by atoms with Crippen LogP contribution in [0.25, 0.3) is 10.9 Å². The van der Waals surface area contributed by atoms with E-state index in [1.165, 1.54) is 17.8 Å². The van der Waals surface area contributed by atoms with Crippen molar-refractivity contribution in [3.63, 3.8) is 0 Å². The zero-order valence-electron chi connectivity index (χ0n) is 10.8. The first-order valence-corrected chi connectivity index (χ1v) is 6.94. The number of fused-ring (bicyclic) bond motifs is 1. The van der Waals surface area contributed by atoms with Crippen molar-refractivity contribution in [2.24, 2.45) is 7.05 Å². The second kappa shape index (κ2) is 5.02. The lowest BCUT2D eigenvalue weighted by atomic mass is 10.2. The molecule has 0 aliphatic carbocycles. The number of aromatic nitrogens is 1. The summed E-state index contributed by atoms with van der Waals surface area (Å²) in [6, 6.07) is 14.9. The molecule has 1 aromatic heterocycles. The summed E-state index contributed by atoms with van der Waals surface area (Å²) in [5, 5.41) is 12.2. The molecular formula is C15H12N2O2S. The molecule has 0 saturated carbocycles. The maximum Gasteiger partial charge on any atom is 0.283 e. The Morgan fingerprint density at radius 2 is 1.75 bits per heavy atom. The van der Waals surface area contributed by atoms with Gasteiger partial charge in [0.2, 0.25) is 0 Å². The zero-order chi connectivity index (χ0) is 14.1. The molecule has 5 heteroatoms. The first-order valence-electron chi connectivity index (χ1n) is 6.12. The van der Waals surface area contributed by atoms with Crippen molar-refractivity contribution < 1.29 is 4.92 Å². The van der Waals surface area contributed by atoms with E-state index in [1.54, 1.807) is 12.1 Å². The Bertz CT molecular complexity index is 795. The van der Waals surface area contributed by atoms with Crippen LogP contribution >= 0.6 is 11.8 Å². The van der Waals surface area contributed by atoms with Gasteiger partial charge in [-0.05, 0) is 12.1 Å². The molecule has 0 spiro atoms. The molecule has 0 bridgehead atoms. The summed E-state index contributed by atoms with van der Waals surface area (Å²) in [4.78, 5) is 12.4. The minimum Gasteiger partial charge on any atom is -0.349 e. The topological polar surface area (TPSA) is 48.1 Å². The molecule has 4 nitrogen and oxygen atoms in total. The van der Waals surface area contributed by atoms with E-state index >= 15 is 0 Å². The third-order valence-electron chi connectivity index (χ3n) is 3.14. The van der Waals surface area contributed by atoms with Gasteiger partial charge in [-0.25, -0.2) is 0 Å². The predicted octanol–water partition coefficient (Wildman–Crippen LogP) is 4.24. The number of aryl methyl sites for hydroxylation is 1. The van der Waals surface area contributed by atoms with Crippen LogP contribution in [-0.4, -0.2) is 9.49 Å². The summed E-state index contributed by atoms with van der Waals surface area (Å²) in [5.74, 6) is 0. The lowest BCUT2D eigenvalue weighted by molar-refractivity contribution is -0.387. The Kier molecular flexibility index (Phi) is 3.20. The Labute approximate surface area is 120 Å². The molecule has 0 unspecified atom stereocenters. The largest absolute Gasteiger partial charge is 0.349 e. The highest BCUT2D eigenvalue weighted by Gasteiger charge is 2.15. The molecule has 0 aliphatic heterocycles. The molecule has 0 aliphatic rings. The number of hydrogen-bond donors (Lipinski definition) is 0. The maximum absolute atomic E-state index is 11.1. The van der Waals surface area contributed by atoms with E-state index in [-0.39, 0.29) is 10.6 Å². The predicted molar refractivity (Wildman–Crippen MR) is 80.1 cm³/mol. The van der Waals surface area contributed by atoms with Crippen molar-refractivity contribution in [3.05, 3.63) is 64.8 Å². The fourth-order valence-corrected chi connectivity index (χ4v) is 3.32. The van der Waals surface area contributed by atoms with Gasteiger partial charge in [-0.2, -0.15) is 0 Å². The molecule has 1 heterocycles. The quantitative estimate of drug-likeness (QED) is 0.534. The van der Waals surface area contributed by atoms with Gasteiger partial charge in [0.15, 0.2) is 0 Å². The molecular weight excluding hydrogens is 272 g/mol. The summed E-state index contributed by atoms with van der Waals surface area (Å²) in [5.41, 5.74) is 1.26. The van der Waals surface area contributed by atoms with Gasteiger partial charge in [0.1, 0.15) is 0 Å². The van der Waals surface area contributed by atoms with E-state index in [9.17, 15) is 10.1 Å².